The fourth-order valence-corrected chi connectivity index (χ4v) is 1.36. The molecule has 0 atom stereocenters. The highest BCUT2D eigenvalue weighted by atomic mass is 16.4. The summed E-state index contributed by atoms with van der Waals surface area (Å²) in [7, 11) is 0. The molecule has 1 rings (SSSR count). The van der Waals surface area contributed by atoms with Crippen molar-refractivity contribution in [3.05, 3.63) is 24.0 Å². The number of anilines is 1. The van der Waals surface area contributed by atoms with Gasteiger partial charge in [0.25, 0.3) is 0 Å². The first-order chi connectivity index (χ1) is 7.22. The van der Waals surface area contributed by atoms with Crippen molar-refractivity contribution in [2.75, 3.05) is 18.0 Å². The van der Waals surface area contributed by atoms with Crippen molar-refractivity contribution in [1.29, 1.82) is 0 Å². The van der Waals surface area contributed by atoms with Gasteiger partial charge in [0.15, 0.2) is 5.84 Å². The monoisotopic (exact) mass is 208 g/mol. The molecule has 1 heterocycles. The van der Waals surface area contributed by atoms with Gasteiger partial charge >= 0.3 is 0 Å². The van der Waals surface area contributed by atoms with E-state index in [-0.39, 0.29) is 5.84 Å². The van der Waals surface area contributed by atoms with Gasteiger partial charge < -0.3 is 15.8 Å². The fourth-order valence-electron chi connectivity index (χ4n) is 1.36. The molecule has 0 aliphatic carbocycles. The largest absolute Gasteiger partial charge is 0.409 e. The molecule has 0 aromatic carbocycles. The molecular formula is C10H16N4O. The van der Waals surface area contributed by atoms with Crippen molar-refractivity contribution in [3.8, 4) is 0 Å². The molecule has 1 aromatic rings. The third kappa shape index (κ3) is 2.59. The van der Waals surface area contributed by atoms with Crippen molar-refractivity contribution in [1.82, 2.24) is 4.98 Å². The summed E-state index contributed by atoms with van der Waals surface area (Å²) in [5, 5.41) is 11.4. The van der Waals surface area contributed by atoms with E-state index in [1.165, 1.54) is 0 Å². The number of amidine groups is 1. The van der Waals surface area contributed by atoms with Crippen LogP contribution in [-0.2, 0) is 0 Å². The van der Waals surface area contributed by atoms with E-state index in [1.54, 1.807) is 12.3 Å². The molecule has 3 N–H and O–H groups in total. The Labute approximate surface area is 89.2 Å². The first-order valence-electron chi connectivity index (χ1n) is 4.91. The van der Waals surface area contributed by atoms with Crippen LogP contribution in [0.2, 0.25) is 0 Å². The number of aromatic nitrogens is 1. The van der Waals surface area contributed by atoms with Gasteiger partial charge in [0, 0.05) is 13.1 Å². The summed E-state index contributed by atoms with van der Waals surface area (Å²) in [6.07, 6.45) is 1.72. The molecule has 0 fully saturated rings. The molecule has 1 aromatic heterocycles. The number of hydrogen-bond acceptors (Lipinski definition) is 4. The zero-order valence-electron chi connectivity index (χ0n) is 9.01. The number of nitrogens with two attached hydrogens (primary N) is 1. The molecule has 0 aliphatic rings. The Morgan fingerprint density at radius 1 is 1.47 bits per heavy atom. The molecule has 0 saturated carbocycles. The smallest absolute Gasteiger partial charge is 0.188 e. The van der Waals surface area contributed by atoms with Gasteiger partial charge in [-0.1, -0.05) is 5.16 Å². The van der Waals surface area contributed by atoms with E-state index < -0.39 is 0 Å². The van der Waals surface area contributed by atoms with Crippen LogP contribution in [0.1, 0.15) is 19.5 Å². The topological polar surface area (TPSA) is 74.7 Å². The molecule has 82 valence electrons. The highest BCUT2D eigenvalue weighted by Gasteiger charge is 2.04. The lowest BCUT2D eigenvalue weighted by atomic mass is 10.3. The van der Waals surface area contributed by atoms with Crippen LogP contribution in [0, 0.1) is 0 Å². The third-order valence-corrected chi connectivity index (χ3v) is 2.25. The zero-order chi connectivity index (χ0) is 11.3. The van der Waals surface area contributed by atoms with Crippen LogP contribution in [0.4, 0.5) is 5.69 Å². The minimum atomic E-state index is 0.0288. The lowest BCUT2D eigenvalue weighted by Crippen LogP contribution is -2.22. The van der Waals surface area contributed by atoms with Gasteiger partial charge in [0.1, 0.15) is 5.69 Å². The Hall–Kier alpha value is -1.78. The Morgan fingerprint density at radius 2 is 2.13 bits per heavy atom. The fraction of sp³-hybridized carbons (Fsp3) is 0.400. The molecule has 0 radical (unpaired) electrons. The minimum Gasteiger partial charge on any atom is -0.409 e. The van der Waals surface area contributed by atoms with Crippen LogP contribution in [0.3, 0.4) is 0 Å². The second-order valence-electron chi connectivity index (χ2n) is 3.06. The summed E-state index contributed by atoms with van der Waals surface area (Å²) in [4.78, 5) is 6.28. The quantitative estimate of drug-likeness (QED) is 0.335. The second-order valence-corrected chi connectivity index (χ2v) is 3.06. The SMILES string of the molecule is CCN(CC)c1ccc(/C(N)=N/O)nc1. The maximum atomic E-state index is 8.47. The predicted octanol–water partition coefficient (Wildman–Crippen LogP) is 1.02. The van der Waals surface area contributed by atoms with Crippen molar-refractivity contribution < 1.29 is 5.21 Å². The van der Waals surface area contributed by atoms with Gasteiger partial charge in [-0.2, -0.15) is 0 Å². The number of rotatable bonds is 4. The number of pyridine rings is 1. The van der Waals surface area contributed by atoms with Gasteiger partial charge in [-0.05, 0) is 26.0 Å². The molecule has 0 bridgehead atoms. The van der Waals surface area contributed by atoms with Crippen LogP contribution >= 0.6 is 0 Å². The van der Waals surface area contributed by atoms with Crippen molar-refractivity contribution in [3.63, 3.8) is 0 Å². The van der Waals surface area contributed by atoms with Crippen molar-refractivity contribution in [2.24, 2.45) is 10.9 Å². The summed E-state index contributed by atoms with van der Waals surface area (Å²) in [6, 6.07) is 3.65. The summed E-state index contributed by atoms with van der Waals surface area (Å²) in [6.45, 7) is 6.03. The van der Waals surface area contributed by atoms with E-state index in [4.69, 9.17) is 10.9 Å². The summed E-state index contributed by atoms with van der Waals surface area (Å²) in [5.74, 6) is 0.0288. The molecule has 0 spiro atoms. The van der Waals surface area contributed by atoms with E-state index >= 15 is 0 Å². The van der Waals surface area contributed by atoms with Crippen molar-refractivity contribution >= 4 is 11.5 Å². The second kappa shape index (κ2) is 5.19. The Morgan fingerprint density at radius 3 is 2.53 bits per heavy atom. The van der Waals surface area contributed by atoms with Crippen LogP contribution in [0.5, 0.6) is 0 Å². The highest BCUT2D eigenvalue weighted by molar-refractivity contribution is 5.95. The molecule has 5 nitrogen and oxygen atoms in total. The van der Waals surface area contributed by atoms with E-state index in [0.717, 1.165) is 18.8 Å². The van der Waals surface area contributed by atoms with Gasteiger partial charge in [0.05, 0.1) is 11.9 Å². The average molecular weight is 208 g/mol. The lowest BCUT2D eigenvalue weighted by molar-refractivity contribution is 0.318. The Bertz CT molecular complexity index is 330. The van der Waals surface area contributed by atoms with Gasteiger partial charge in [-0.3, -0.25) is 4.98 Å². The summed E-state index contributed by atoms with van der Waals surface area (Å²) < 4.78 is 0. The van der Waals surface area contributed by atoms with Crippen LogP contribution in [0.25, 0.3) is 0 Å². The molecule has 0 amide bonds. The van der Waals surface area contributed by atoms with E-state index in [0.29, 0.717) is 5.69 Å². The first-order valence-corrected chi connectivity index (χ1v) is 4.91. The maximum absolute atomic E-state index is 8.47. The molecule has 0 aliphatic heterocycles. The van der Waals surface area contributed by atoms with Crippen LogP contribution < -0.4 is 10.6 Å². The normalized spacial score (nSPS) is 11.5. The van der Waals surface area contributed by atoms with E-state index in [2.05, 4.69) is 28.9 Å². The molecule has 15 heavy (non-hydrogen) atoms. The van der Waals surface area contributed by atoms with Gasteiger partial charge in [0.2, 0.25) is 0 Å². The van der Waals surface area contributed by atoms with Crippen LogP contribution in [0.15, 0.2) is 23.5 Å². The molecular weight excluding hydrogens is 192 g/mol. The first kappa shape index (κ1) is 11.3. The van der Waals surface area contributed by atoms with Gasteiger partial charge in [-0.15, -0.1) is 0 Å². The average Bonchev–Trinajstić information content (AvgIpc) is 2.30. The summed E-state index contributed by atoms with van der Waals surface area (Å²) >= 11 is 0. The molecule has 0 unspecified atom stereocenters. The highest BCUT2D eigenvalue weighted by Crippen LogP contribution is 2.12. The Kier molecular flexibility index (Phi) is 3.91. The zero-order valence-corrected chi connectivity index (χ0v) is 9.01. The lowest BCUT2D eigenvalue weighted by Gasteiger charge is -2.20. The third-order valence-electron chi connectivity index (χ3n) is 2.25. The molecule has 5 heteroatoms. The predicted molar refractivity (Wildman–Crippen MR) is 60.3 cm³/mol. The number of nitrogens with zero attached hydrogens (tertiary/aromatic N) is 3. The van der Waals surface area contributed by atoms with E-state index in [1.807, 2.05) is 6.07 Å². The number of oxime groups is 1. The van der Waals surface area contributed by atoms with Crippen LogP contribution in [-0.4, -0.2) is 29.1 Å². The summed E-state index contributed by atoms with van der Waals surface area (Å²) in [5.41, 5.74) is 6.93. The maximum Gasteiger partial charge on any atom is 0.188 e. The minimum absolute atomic E-state index is 0.0288. The van der Waals surface area contributed by atoms with Crippen molar-refractivity contribution in [2.45, 2.75) is 13.8 Å². The standard InChI is InChI=1S/C10H16N4O/c1-3-14(4-2)8-5-6-9(12-7-8)10(11)13-15/h5-7,15H,3-4H2,1-2H3,(H2,11,13). The van der Waals surface area contributed by atoms with E-state index in [9.17, 15) is 0 Å². The van der Waals surface area contributed by atoms with Gasteiger partial charge in [-0.25, -0.2) is 0 Å². The Balaban J connectivity index is 2.89. The molecule has 0 saturated heterocycles. The number of hydrogen-bond donors (Lipinski definition) is 2.